The first-order valence-corrected chi connectivity index (χ1v) is 6.51. The molecule has 0 atom stereocenters. The lowest BCUT2D eigenvalue weighted by Crippen LogP contribution is -2.38. The van der Waals surface area contributed by atoms with E-state index in [1.807, 2.05) is 0 Å². The minimum Gasteiger partial charge on any atom is -0.379 e. The fraction of sp³-hybridized carbons (Fsp3) is 0.917. The van der Waals surface area contributed by atoms with Gasteiger partial charge in [-0.25, -0.2) is 0 Å². The Morgan fingerprint density at radius 1 is 1.29 bits per heavy atom. The third-order valence-electron chi connectivity index (χ3n) is 2.82. The number of nitrogens with zero attached hydrogens (tertiary/aromatic N) is 1. The molecule has 0 aromatic carbocycles. The summed E-state index contributed by atoms with van der Waals surface area (Å²) in [6, 6.07) is 0.658. The van der Waals surface area contributed by atoms with Gasteiger partial charge in [0.15, 0.2) is 5.96 Å². The predicted octanol–water partition coefficient (Wildman–Crippen LogP) is 1.75. The average molecular weight is 353 g/mol. The highest BCUT2D eigenvalue weighted by atomic mass is 127. The summed E-state index contributed by atoms with van der Waals surface area (Å²) in [5, 5.41) is 6.64. The maximum atomic E-state index is 5.54. The van der Waals surface area contributed by atoms with E-state index in [1.165, 1.54) is 25.7 Å². The number of aliphatic imine (C=N–C) groups is 1. The summed E-state index contributed by atoms with van der Waals surface area (Å²) in [5.74, 6) is 1.79. The van der Waals surface area contributed by atoms with E-state index < -0.39 is 0 Å². The summed E-state index contributed by atoms with van der Waals surface area (Å²) >= 11 is 0. The molecular formula is C12H24IN3O. The van der Waals surface area contributed by atoms with Crippen molar-refractivity contribution < 1.29 is 4.74 Å². The summed E-state index contributed by atoms with van der Waals surface area (Å²) in [4.78, 5) is 4.48. The van der Waals surface area contributed by atoms with Gasteiger partial charge in [-0.2, -0.15) is 0 Å². The Bertz CT molecular complexity index is 240. The van der Waals surface area contributed by atoms with Gasteiger partial charge in [0, 0.05) is 19.2 Å². The highest BCUT2D eigenvalue weighted by Crippen LogP contribution is 2.28. The molecular weight excluding hydrogens is 329 g/mol. The monoisotopic (exact) mass is 353 g/mol. The molecule has 5 heteroatoms. The van der Waals surface area contributed by atoms with Crippen LogP contribution in [0.3, 0.4) is 0 Å². The van der Waals surface area contributed by atoms with Crippen molar-refractivity contribution in [1.29, 1.82) is 0 Å². The second kappa shape index (κ2) is 8.13. The first-order chi connectivity index (χ1) is 7.88. The third kappa shape index (κ3) is 7.08. The van der Waals surface area contributed by atoms with Gasteiger partial charge < -0.3 is 15.4 Å². The van der Waals surface area contributed by atoms with Crippen LogP contribution in [0, 0.1) is 5.92 Å². The maximum Gasteiger partial charge on any atom is 0.191 e. The van der Waals surface area contributed by atoms with Crippen LogP contribution < -0.4 is 10.6 Å². The van der Waals surface area contributed by atoms with Crippen LogP contribution in [0.25, 0.3) is 0 Å². The van der Waals surface area contributed by atoms with Crippen LogP contribution in [0.2, 0.25) is 0 Å². The Kier molecular flexibility index (Phi) is 7.18. The van der Waals surface area contributed by atoms with Gasteiger partial charge in [0.1, 0.15) is 0 Å². The van der Waals surface area contributed by atoms with E-state index in [4.69, 9.17) is 4.74 Å². The fourth-order valence-corrected chi connectivity index (χ4v) is 1.50. The molecule has 0 unspecified atom stereocenters. The van der Waals surface area contributed by atoms with E-state index in [1.54, 1.807) is 0 Å². The number of ether oxygens (including phenoxy) is 1. The Labute approximate surface area is 121 Å². The molecule has 0 spiro atoms. The molecule has 0 aromatic rings. The number of hydrogen-bond acceptors (Lipinski definition) is 2. The zero-order chi connectivity index (χ0) is 11.2. The molecule has 2 rings (SSSR count). The Balaban J connectivity index is 0.00000144. The standard InChI is InChI=1S/C12H23N3O.HI/c1-2-13-12(15-11-5-6-11)14-7-8-16-9-10-3-4-10;/h10-11H,2-9H2,1H3,(H2,13,14,15);1H. The number of hydrogen-bond donors (Lipinski definition) is 2. The largest absolute Gasteiger partial charge is 0.379 e. The molecule has 2 aliphatic carbocycles. The van der Waals surface area contributed by atoms with Crippen LogP contribution >= 0.6 is 24.0 Å². The van der Waals surface area contributed by atoms with Crippen LogP contribution in [0.4, 0.5) is 0 Å². The van der Waals surface area contributed by atoms with Crippen molar-refractivity contribution >= 4 is 29.9 Å². The van der Waals surface area contributed by atoms with E-state index in [2.05, 4.69) is 22.5 Å². The molecule has 2 saturated carbocycles. The molecule has 100 valence electrons. The number of nitrogens with one attached hydrogen (secondary N) is 2. The van der Waals surface area contributed by atoms with E-state index in [-0.39, 0.29) is 24.0 Å². The second-order valence-electron chi connectivity index (χ2n) is 4.70. The van der Waals surface area contributed by atoms with Gasteiger partial charge in [-0.05, 0) is 38.5 Å². The molecule has 0 radical (unpaired) electrons. The van der Waals surface area contributed by atoms with Gasteiger partial charge in [0.2, 0.25) is 0 Å². The van der Waals surface area contributed by atoms with E-state index in [0.29, 0.717) is 6.04 Å². The molecule has 2 N–H and O–H groups in total. The average Bonchev–Trinajstić information content (AvgIpc) is 3.12. The molecule has 0 aliphatic heterocycles. The Morgan fingerprint density at radius 2 is 2.06 bits per heavy atom. The summed E-state index contributed by atoms with van der Waals surface area (Å²) in [7, 11) is 0. The number of guanidine groups is 1. The topological polar surface area (TPSA) is 45.7 Å². The van der Waals surface area contributed by atoms with E-state index in [9.17, 15) is 0 Å². The molecule has 0 heterocycles. The quantitative estimate of drug-likeness (QED) is 0.317. The predicted molar refractivity (Wildman–Crippen MR) is 81.1 cm³/mol. The van der Waals surface area contributed by atoms with Crippen molar-refractivity contribution in [3.05, 3.63) is 0 Å². The van der Waals surface area contributed by atoms with Crippen molar-refractivity contribution in [2.24, 2.45) is 10.9 Å². The van der Waals surface area contributed by atoms with Crippen molar-refractivity contribution in [2.45, 2.75) is 38.6 Å². The second-order valence-corrected chi connectivity index (χ2v) is 4.70. The minimum absolute atomic E-state index is 0. The normalized spacial score (nSPS) is 19.7. The van der Waals surface area contributed by atoms with Gasteiger partial charge in [-0.3, -0.25) is 4.99 Å². The summed E-state index contributed by atoms with van der Waals surface area (Å²) in [5.41, 5.74) is 0. The van der Waals surface area contributed by atoms with Gasteiger partial charge in [-0.1, -0.05) is 0 Å². The van der Waals surface area contributed by atoms with Gasteiger partial charge in [0.05, 0.1) is 13.2 Å². The highest BCUT2D eigenvalue weighted by molar-refractivity contribution is 14.0. The van der Waals surface area contributed by atoms with Crippen LogP contribution in [0.1, 0.15) is 32.6 Å². The Morgan fingerprint density at radius 3 is 2.65 bits per heavy atom. The number of halogens is 1. The lowest BCUT2D eigenvalue weighted by molar-refractivity contribution is 0.131. The molecule has 4 nitrogen and oxygen atoms in total. The fourth-order valence-electron chi connectivity index (χ4n) is 1.50. The summed E-state index contributed by atoms with van der Waals surface area (Å²) < 4.78 is 5.54. The first-order valence-electron chi connectivity index (χ1n) is 6.51. The lowest BCUT2D eigenvalue weighted by atomic mass is 10.5. The van der Waals surface area contributed by atoms with Crippen LogP contribution in [0.5, 0.6) is 0 Å². The molecule has 0 saturated heterocycles. The van der Waals surface area contributed by atoms with Crippen LogP contribution in [-0.4, -0.2) is 38.3 Å². The molecule has 0 bridgehead atoms. The molecule has 0 aromatic heterocycles. The molecule has 17 heavy (non-hydrogen) atoms. The lowest BCUT2D eigenvalue weighted by Gasteiger charge is -2.10. The van der Waals surface area contributed by atoms with Crippen LogP contribution in [0.15, 0.2) is 4.99 Å². The van der Waals surface area contributed by atoms with Crippen LogP contribution in [-0.2, 0) is 4.74 Å². The maximum absolute atomic E-state index is 5.54. The van der Waals surface area contributed by atoms with Crippen molar-refractivity contribution in [2.75, 3.05) is 26.3 Å². The smallest absolute Gasteiger partial charge is 0.191 e. The first kappa shape index (κ1) is 15.0. The summed E-state index contributed by atoms with van der Waals surface area (Å²) in [6.07, 6.45) is 5.27. The molecule has 2 fully saturated rings. The summed E-state index contributed by atoms with van der Waals surface area (Å²) in [6.45, 7) is 5.45. The minimum atomic E-state index is 0. The van der Waals surface area contributed by atoms with Gasteiger partial charge in [0.25, 0.3) is 0 Å². The molecule has 2 aliphatic rings. The Hall–Kier alpha value is -0.0400. The zero-order valence-corrected chi connectivity index (χ0v) is 12.9. The SMILES string of the molecule is CCNC(=NCCOCC1CC1)NC1CC1.I. The van der Waals surface area contributed by atoms with Crippen molar-refractivity contribution in [3.8, 4) is 0 Å². The number of rotatable bonds is 7. The highest BCUT2D eigenvalue weighted by Gasteiger charge is 2.22. The van der Waals surface area contributed by atoms with Crippen molar-refractivity contribution in [3.63, 3.8) is 0 Å². The van der Waals surface area contributed by atoms with E-state index >= 15 is 0 Å². The van der Waals surface area contributed by atoms with E-state index in [0.717, 1.165) is 38.2 Å². The van der Waals surface area contributed by atoms with Gasteiger partial charge in [-0.15, -0.1) is 24.0 Å². The van der Waals surface area contributed by atoms with Crippen molar-refractivity contribution in [1.82, 2.24) is 10.6 Å². The molecule has 0 amide bonds. The third-order valence-corrected chi connectivity index (χ3v) is 2.82. The zero-order valence-electron chi connectivity index (χ0n) is 10.6. The van der Waals surface area contributed by atoms with Gasteiger partial charge >= 0.3 is 0 Å².